The highest BCUT2D eigenvalue weighted by Crippen LogP contribution is 2.31. The fourth-order valence-corrected chi connectivity index (χ4v) is 4.33. The number of amides is 2. The molecule has 2 amide bonds. The van der Waals surface area contributed by atoms with Gasteiger partial charge in [-0.1, -0.05) is 26.0 Å². The van der Waals surface area contributed by atoms with Crippen molar-refractivity contribution < 1.29 is 19.1 Å². The number of methoxy groups -OCH3 is 1. The number of pyridine rings is 2. The Hall–Kier alpha value is -4.08. The molecule has 1 aliphatic heterocycles. The van der Waals surface area contributed by atoms with Crippen LogP contribution in [0.1, 0.15) is 43.5 Å². The predicted molar refractivity (Wildman–Crippen MR) is 149 cm³/mol. The molecule has 2 aromatic heterocycles. The zero-order valence-corrected chi connectivity index (χ0v) is 23.3. The standard InChI is InChI=1S/C29H37N5O5/c1-19(2)15-24-27-20(12-13-30-24)16-22(31-27)18-34-14-8-9-21(28(34)37)17-25(35)23(32-29(38)39-5)10-6-7-11-26(36)33(3)4/h7-9,11-14,19,23H,6,10,15-18H2,1-5H3,(H,32,38)/b11-7+/t23-/m0/s1. The molecule has 0 bridgehead atoms. The Morgan fingerprint density at radius 1 is 1.23 bits per heavy atom. The Labute approximate surface area is 228 Å². The van der Waals surface area contributed by atoms with E-state index in [1.165, 1.54) is 18.1 Å². The molecule has 3 heterocycles. The van der Waals surface area contributed by atoms with Crippen LogP contribution in [-0.4, -0.2) is 65.2 Å². The number of fused-ring (bicyclic) bond motifs is 1. The van der Waals surface area contributed by atoms with Gasteiger partial charge in [0.1, 0.15) is 0 Å². The van der Waals surface area contributed by atoms with Crippen molar-refractivity contribution in [3.05, 3.63) is 69.9 Å². The van der Waals surface area contributed by atoms with Crippen molar-refractivity contribution in [1.29, 1.82) is 0 Å². The Kier molecular flexibility index (Phi) is 10.3. The van der Waals surface area contributed by atoms with Crippen LogP contribution in [0.15, 0.2) is 52.5 Å². The summed E-state index contributed by atoms with van der Waals surface area (Å²) in [6, 6.07) is 4.45. The molecule has 0 aliphatic carbocycles. The number of carbonyl (C=O) groups is 3. The number of likely N-dealkylation sites (N-methyl/N-ethyl adjacent to an activating group) is 1. The summed E-state index contributed by atoms with van der Waals surface area (Å²) >= 11 is 0. The van der Waals surface area contributed by atoms with Gasteiger partial charge in [0.25, 0.3) is 5.56 Å². The number of aliphatic imine (C=N–C) groups is 1. The van der Waals surface area contributed by atoms with Crippen LogP contribution in [0.25, 0.3) is 0 Å². The third-order valence-electron chi connectivity index (χ3n) is 6.36. The lowest BCUT2D eigenvalue weighted by molar-refractivity contribution is -0.123. The maximum atomic E-state index is 13.3. The van der Waals surface area contributed by atoms with Gasteiger partial charge in [0, 0.05) is 50.6 Å². The first-order valence-electron chi connectivity index (χ1n) is 13.1. The number of nitrogens with one attached hydrogen (secondary N) is 1. The van der Waals surface area contributed by atoms with Crippen LogP contribution in [0, 0.1) is 5.92 Å². The van der Waals surface area contributed by atoms with E-state index >= 15 is 0 Å². The highest BCUT2D eigenvalue weighted by molar-refractivity contribution is 5.94. The highest BCUT2D eigenvalue weighted by Gasteiger charge is 2.23. The van der Waals surface area contributed by atoms with Gasteiger partial charge in [-0.15, -0.1) is 0 Å². The van der Waals surface area contributed by atoms with E-state index in [1.54, 1.807) is 43.1 Å². The average molecular weight is 536 g/mol. The van der Waals surface area contributed by atoms with Crippen molar-refractivity contribution in [1.82, 2.24) is 19.8 Å². The van der Waals surface area contributed by atoms with Gasteiger partial charge >= 0.3 is 6.09 Å². The summed E-state index contributed by atoms with van der Waals surface area (Å²) in [5, 5.41) is 2.55. The summed E-state index contributed by atoms with van der Waals surface area (Å²) in [5.74, 6) is -0.0437. The summed E-state index contributed by atoms with van der Waals surface area (Å²) < 4.78 is 6.22. The van der Waals surface area contributed by atoms with Gasteiger partial charge in [-0.3, -0.25) is 24.4 Å². The summed E-state index contributed by atoms with van der Waals surface area (Å²) in [6.45, 7) is 4.59. The fourth-order valence-electron chi connectivity index (χ4n) is 4.33. The molecule has 0 saturated heterocycles. The maximum absolute atomic E-state index is 13.3. The summed E-state index contributed by atoms with van der Waals surface area (Å²) in [4.78, 5) is 60.7. The quantitative estimate of drug-likeness (QED) is 0.417. The number of hydrogen-bond donors (Lipinski definition) is 1. The van der Waals surface area contributed by atoms with Gasteiger partial charge in [-0.2, -0.15) is 0 Å². The Balaban J connectivity index is 1.72. The molecule has 39 heavy (non-hydrogen) atoms. The third-order valence-corrected chi connectivity index (χ3v) is 6.36. The Morgan fingerprint density at radius 2 is 2.00 bits per heavy atom. The number of ketones is 1. The van der Waals surface area contributed by atoms with E-state index in [4.69, 9.17) is 4.99 Å². The molecule has 2 aromatic rings. The van der Waals surface area contributed by atoms with E-state index in [9.17, 15) is 19.2 Å². The molecular formula is C29H37N5O5. The van der Waals surface area contributed by atoms with E-state index in [2.05, 4.69) is 28.9 Å². The number of hydrogen-bond acceptors (Lipinski definition) is 7. The number of allylic oxidation sites excluding steroid dienone is 1. The molecule has 0 fully saturated rings. The van der Waals surface area contributed by atoms with Crippen LogP contribution in [0.4, 0.5) is 10.5 Å². The molecule has 0 spiro atoms. The van der Waals surface area contributed by atoms with Crippen LogP contribution in [0.5, 0.6) is 0 Å². The first-order valence-corrected chi connectivity index (χ1v) is 13.1. The van der Waals surface area contributed by atoms with Crippen LogP contribution in [-0.2, 0) is 40.1 Å². The second-order valence-electron chi connectivity index (χ2n) is 10.2. The van der Waals surface area contributed by atoms with Gasteiger partial charge in [0.05, 0.1) is 31.1 Å². The van der Waals surface area contributed by atoms with Gasteiger partial charge in [0.2, 0.25) is 5.91 Å². The molecule has 3 rings (SSSR count). The first kappa shape index (κ1) is 29.5. The lowest BCUT2D eigenvalue weighted by Crippen LogP contribution is -2.42. The van der Waals surface area contributed by atoms with Crippen LogP contribution in [0.3, 0.4) is 0 Å². The van der Waals surface area contributed by atoms with E-state index in [-0.39, 0.29) is 30.1 Å². The smallest absolute Gasteiger partial charge is 0.407 e. The molecular weight excluding hydrogens is 498 g/mol. The molecule has 0 radical (unpaired) electrons. The van der Waals surface area contributed by atoms with Crippen LogP contribution in [0.2, 0.25) is 0 Å². The van der Waals surface area contributed by atoms with Crippen molar-refractivity contribution in [3.8, 4) is 0 Å². The number of ether oxygens (including phenoxy) is 1. The minimum atomic E-state index is -0.870. The van der Waals surface area contributed by atoms with Gasteiger partial charge in [-0.05, 0) is 49.0 Å². The zero-order valence-electron chi connectivity index (χ0n) is 23.3. The van der Waals surface area contributed by atoms with Gasteiger partial charge < -0.3 is 19.5 Å². The summed E-state index contributed by atoms with van der Waals surface area (Å²) in [7, 11) is 4.50. The van der Waals surface area contributed by atoms with Crippen LogP contribution >= 0.6 is 0 Å². The summed E-state index contributed by atoms with van der Waals surface area (Å²) in [6.07, 6.45) is 7.80. The second-order valence-corrected chi connectivity index (χ2v) is 10.2. The number of carbonyl (C=O) groups excluding carboxylic acids is 3. The van der Waals surface area contributed by atoms with Crippen molar-refractivity contribution in [2.75, 3.05) is 21.2 Å². The highest BCUT2D eigenvalue weighted by atomic mass is 16.5. The Morgan fingerprint density at radius 3 is 2.69 bits per heavy atom. The third kappa shape index (κ3) is 8.20. The van der Waals surface area contributed by atoms with Crippen molar-refractivity contribution in [2.24, 2.45) is 10.9 Å². The molecule has 10 nitrogen and oxygen atoms in total. The Bertz CT molecular complexity index is 1330. The minimum absolute atomic E-state index is 0.149. The zero-order chi connectivity index (χ0) is 28.5. The molecule has 10 heteroatoms. The molecule has 1 aliphatic rings. The number of rotatable bonds is 12. The number of Topliss-reactive ketones (excluding diaryl/α,β-unsaturated/α-hetero) is 1. The topological polar surface area (TPSA) is 123 Å². The molecule has 0 aromatic carbocycles. The first-order chi connectivity index (χ1) is 18.6. The van der Waals surface area contributed by atoms with Crippen molar-refractivity contribution in [2.45, 2.75) is 58.5 Å². The maximum Gasteiger partial charge on any atom is 0.407 e. The van der Waals surface area contributed by atoms with Crippen molar-refractivity contribution >= 4 is 29.2 Å². The van der Waals surface area contributed by atoms with Gasteiger partial charge in [-0.25, -0.2) is 4.79 Å². The van der Waals surface area contributed by atoms with Crippen molar-refractivity contribution in [3.63, 3.8) is 0 Å². The molecule has 1 N–H and O–H groups in total. The van der Waals surface area contributed by atoms with E-state index in [1.807, 2.05) is 12.3 Å². The number of alkyl carbamates (subject to hydrolysis) is 1. The summed E-state index contributed by atoms with van der Waals surface area (Å²) in [5.41, 5.74) is 3.88. The normalized spacial score (nSPS) is 13.2. The van der Waals surface area contributed by atoms with E-state index in [0.717, 1.165) is 29.1 Å². The SMILES string of the molecule is COC(=O)N[C@@H](CC/C=C/C(=O)N(C)C)C(=O)Cc1cccn(CC2=Nc3c(ccnc3CC(C)C)C2)c1=O. The number of aromatic nitrogens is 2. The molecule has 208 valence electrons. The molecule has 0 saturated carbocycles. The van der Waals surface area contributed by atoms with E-state index in [0.29, 0.717) is 30.9 Å². The lowest BCUT2D eigenvalue weighted by Gasteiger charge is -2.16. The largest absolute Gasteiger partial charge is 0.453 e. The molecule has 0 unspecified atom stereocenters. The second kappa shape index (κ2) is 13.6. The fraction of sp³-hybridized carbons (Fsp3) is 0.448. The lowest BCUT2D eigenvalue weighted by atomic mass is 10.0. The van der Waals surface area contributed by atoms with Crippen LogP contribution < -0.4 is 10.9 Å². The van der Waals surface area contributed by atoms with E-state index < -0.39 is 12.1 Å². The predicted octanol–water partition coefficient (Wildman–Crippen LogP) is 3.03. The number of nitrogens with zero attached hydrogens (tertiary/aromatic N) is 4. The minimum Gasteiger partial charge on any atom is -0.453 e. The van der Waals surface area contributed by atoms with Gasteiger partial charge in [0.15, 0.2) is 5.78 Å². The average Bonchev–Trinajstić information content (AvgIpc) is 3.31. The molecule has 1 atom stereocenters. The monoisotopic (exact) mass is 535 g/mol.